The summed E-state index contributed by atoms with van der Waals surface area (Å²) in [5, 5.41) is 7.90. The maximum absolute atomic E-state index is 4.38. The van der Waals surface area contributed by atoms with Gasteiger partial charge in [-0.05, 0) is 32.0 Å². The Hall–Kier alpha value is -1.88. The van der Waals surface area contributed by atoms with E-state index in [0.29, 0.717) is 0 Å². The highest BCUT2D eigenvalue weighted by Gasteiger charge is 2.11. The van der Waals surface area contributed by atoms with Crippen LogP contribution >= 0.6 is 11.3 Å². The van der Waals surface area contributed by atoms with Crippen LogP contribution in [0.15, 0.2) is 29.9 Å². The molecule has 2 heterocycles. The van der Waals surface area contributed by atoms with Crippen molar-refractivity contribution in [2.75, 3.05) is 5.32 Å². The molecule has 98 valence electrons. The first-order valence-electron chi connectivity index (χ1n) is 6.23. The molecule has 0 aliphatic carbocycles. The van der Waals surface area contributed by atoms with E-state index in [0.717, 1.165) is 16.9 Å². The Bertz CT molecular complexity index is 713. The van der Waals surface area contributed by atoms with Crippen molar-refractivity contribution in [2.45, 2.75) is 19.9 Å². The van der Waals surface area contributed by atoms with Gasteiger partial charge in [-0.25, -0.2) is 4.98 Å². The Morgan fingerprint density at radius 3 is 2.95 bits per heavy atom. The minimum absolute atomic E-state index is 0.235. The second kappa shape index (κ2) is 4.66. The van der Waals surface area contributed by atoms with Crippen molar-refractivity contribution in [1.29, 1.82) is 0 Å². The lowest BCUT2D eigenvalue weighted by Crippen LogP contribution is -2.06. The van der Waals surface area contributed by atoms with E-state index < -0.39 is 0 Å². The van der Waals surface area contributed by atoms with Crippen molar-refractivity contribution in [1.82, 2.24) is 14.8 Å². The molecule has 1 unspecified atom stereocenters. The highest BCUT2D eigenvalue weighted by Crippen LogP contribution is 2.25. The van der Waals surface area contributed by atoms with Crippen LogP contribution in [0, 0.1) is 6.92 Å². The first-order valence-corrected chi connectivity index (χ1v) is 7.11. The van der Waals surface area contributed by atoms with Crippen molar-refractivity contribution < 1.29 is 0 Å². The van der Waals surface area contributed by atoms with Gasteiger partial charge in [0.2, 0.25) is 0 Å². The Kier molecular flexibility index (Phi) is 2.98. The normalized spacial score (nSPS) is 12.8. The number of anilines is 1. The predicted octanol–water partition coefficient (Wildman–Crippen LogP) is 3.51. The van der Waals surface area contributed by atoms with Crippen LogP contribution in [0.2, 0.25) is 0 Å². The lowest BCUT2D eigenvalue weighted by molar-refractivity contribution is 0.756. The first-order chi connectivity index (χ1) is 9.13. The summed E-state index contributed by atoms with van der Waals surface area (Å²) in [5.74, 6) is 0. The number of hydrogen-bond donors (Lipinski definition) is 1. The van der Waals surface area contributed by atoms with Crippen LogP contribution in [0.5, 0.6) is 0 Å². The second-order valence-electron chi connectivity index (χ2n) is 4.74. The Morgan fingerprint density at radius 1 is 1.37 bits per heavy atom. The average Bonchev–Trinajstić information content (AvgIpc) is 2.94. The van der Waals surface area contributed by atoms with Gasteiger partial charge in [0.1, 0.15) is 0 Å². The topological polar surface area (TPSA) is 42.7 Å². The molecule has 4 nitrogen and oxygen atoms in total. The summed E-state index contributed by atoms with van der Waals surface area (Å²) >= 11 is 1.66. The van der Waals surface area contributed by atoms with Gasteiger partial charge in [-0.2, -0.15) is 5.10 Å². The molecule has 0 fully saturated rings. The number of thiazole rings is 1. The van der Waals surface area contributed by atoms with Crippen molar-refractivity contribution in [3.8, 4) is 0 Å². The SMILES string of the molecule is Cc1nn(C)cc1C(C)Nc1ccc2ncsc2c1. The molecule has 0 saturated carbocycles. The molecule has 0 aliphatic rings. The molecule has 0 aliphatic heterocycles. The predicted molar refractivity (Wildman–Crippen MR) is 79.6 cm³/mol. The maximum Gasteiger partial charge on any atom is 0.0813 e. The molecule has 1 N–H and O–H groups in total. The van der Waals surface area contributed by atoms with Crippen molar-refractivity contribution in [3.05, 3.63) is 41.2 Å². The van der Waals surface area contributed by atoms with E-state index in [9.17, 15) is 0 Å². The average molecular weight is 272 g/mol. The zero-order valence-corrected chi connectivity index (χ0v) is 12.0. The molecule has 2 aromatic heterocycles. The van der Waals surface area contributed by atoms with Crippen LogP contribution < -0.4 is 5.32 Å². The molecule has 1 atom stereocenters. The van der Waals surface area contributed by atoms with Crippen LogP contribution in [0.1, 0.15) is 24.2 Å². The number of benzene rings is 1. The smallest absolute Gasteiger partial charge is 0.0813 e. The molecular weight excluding hydrogens is 256 g/mol. The van der Waals surface area contributed by atoms with Crippen molar-refractivity contribution in [2.24, 2.45) is 7.05 Å². The highest BCUT2D eigenvalue weighted by molar-refractivity contribution is 7.16. The number of aromatic nitrogens is 3. The monoisotopic (exact) mass is 272 g/mol. The third-order valence-electron chi connectivity index (χ3n) is 3.23. The Morgan fingerprint density at radius 2 is 2.21 bits per heavy atom. The third-order valence-corrected chi connectivity index (χ3v) is 4.02. The van der Waals surface area contributed by atoms with Crippen LogP contribution in [0.4, 0.5) is 5.69 Å². The molecule has 0 amide bonds. The summed E-state index contributed by atoms with van der Waals surface area (Å²) in [4.78, 5) is 4.29. The quantitative estimate of drug-likeness (QED) is 0.793. The molecule has 3 aromatic rings. The van der Waals surface area contributed by atoms with Crippen LogP contribution in [-0.4, -0.2) is 14.8 Å². The summed E-state index contributed by atoms with van der Waals surface area (Å²) in [7, 11) is 1.95. The number of hydrogen-bond acceptors (Lipinski definition) is 4. The molecule has 1 aromatic carbocycles. The largest absolute Gasteiger partial charge is 0.378 e. The maximum atomic E-state index is 4.38. The van der Waals surface area contributed by atoms with Crippen LogP contribution in [0.25, 0.3) is 10.2 Å². The zero-order chi connectivity index (χ0) is 13.4. The zero-order valence-electron chi connectivity index (χ0n) is 11.2. The minimum atomic E-state index is 0.235. The fourth-order valence-electron chi connectivity index (χ4n) is 2.32. The standard InChI is InChI=1S/C14H16N4S/c1-9(12-7-18(3)17-10(12)2)16-11-4-5-13-14(6-11)19-8-15-13/h4-9,16H,1-3H3. The van der Waals surface area contributed by atoms with E-state index in [-0.39, 0.29) is 6.04 Å². The molecule has 0 radical (unpaired) electrons. The lowest BCUT2D eigenvalue weighted by atomic mass is 10.1. The second-order valence-corrected chi connectivity index (χ2v) is 5.63. The van der Waals surface area contributed by atoms with Gasteiger partial charge >= 0.3 is 0 Å². The summed E-state index contributed by atoms with van der Waals surface area (Å²) in [5.41, 5.74) is 6.35. The summed E-state index contributed by atoms with van der Waals surface area (Å²) < 4.78 is 3.06. The third kappa shape index (κ3) is 2.33. The van der Waals surface area contributed by atoms with Crippen molar-refractivity contribution >= 4 is 27.2 Å². The summed E-state index contributed by atoms with van der Waals surface area (Å²) in [6, 6.07) is 6.51. The fourth-order valence-corrected chi connectivity index (χ4v) is 3.03. The van der Waals surface area contributed by atoms with E-state index >= 15 is 0 Å². The molecule has 3 rings (SSSR count). The van der Waals surface area contributed by atoms with Gasteiger partial charge in [-0.1, -0.05) is 0 Å². The number of nitrogens with one attached hydrogen (secondary N) is 1. The molecule has 0 spiro atoms. The molecule has 0 bridgehead atoms. The number of fused-ring (bicyclic) bond motifs is 1. The van der Waals surface area contributed by atoms with Gasteiger partial charge in [-0.15, -0.1) is 11.3 Å². The summed E-state index contributed by atoms with van der Waals surface area (Å²) in [6.45, 7) is 4.20. The molecular formula is C14H16N4S. The fraction of sp³-hybridized carbons (Fsp3) is 0.286. The number of aryl methyl sites for hydroxylation is 2. The van der Waals surface area contributed by atoms with Crippen LogP contribution in [-0.2, 0) is 7.05 Å². The van der Waals surface area contributed by atoms with Gasteiger partial charge in [0.25, 0.3) is 0 Å². The lowest BCUT2D eigenvalue weighted by Gasteiger charge is -2.14. The van der Waals surface area contributed by atoms with E-state index in [2.05, 4.69) is 46.7 Å². The molecule has 19 heavy (non-hydrogen) atoms. The first kappa shape index (κ1) is 12.2. The van der Waals surface area contributed by atoms with E-state index in [4.69, 9.17) is 0 Å². The Labute approximate surface area is 116 Å². The van der Waals surface area contributed by atoms with E-state index in [1.807, 2.05) is 24.2 Å². The van der Waals surface area contributed by atoms with E-state index in [1.54, 1.807) is 11.3 Å². The summed E-state index contributed by atoms with van der Waals surface area (Å²) in [6.07, 6.45) is 2.07. The van der Waals surface area contributed by atoms with E-state index in [1.165, 1.54) is 10.3 Å². The van der Waals surface area contributed by atoms with Gasteiger partial charge in [0.05, 0.1) is 27.5 Å². The van der Waals surface area contributed by atoms with Crippen molar-refractivity contribution in [3.63, 3.8) is 0 Å². The van der Waals surface area contributed by atoms with Gasteiger partial charge in [0, 0.05) is 24.5 Å². The van der Waals surface area contributed by atoms with Gasteiger partial charge in [0.15, 0.2) is 0 Å². The Balaban J connectivity index is 1.85. The van der Waals surface area contributed by atoms with Gasteiger partial charge in [-0.3, -0.25) is 4.68 Å². The number of rotatable bonds is 3. The molecule has 0 saturated heterocycles. The van der Waals surface area contributed by atoms with Gasteiger partial charge < -0.3 is 5.32 Å². The number of nitrogens with zero attached hydrogens (tertiary/aromatic N) is 3. The molecule has 5 heteroatoms. The van der Waals surface area contributed by atoms with Crippen LogP contribution in [0.3, 0.4) is 0 Å². The highest BCUT2D eigenvalue weighted by atomic mass is 32.1. The minimum Gasteiger partial charge on any atom is -0.378 e.